The number of hydrogen-bond donors (Lipinski definition) is 2. The molecule has 0 bridgehead atoms. The van der Waals surface area contributed by atoms with Crippen LogP contribution < -0.4 is 5.32 Å². The maximum absolute atomic E-state index is 12.0. The first kappa shape index (κ1) is 15.0. The molecule has 1 aliphatic carbocycles. The molecule has 1 amide bonds. The van der Waals surface area contributed by atoms with Crippen LogP contribution in [0.3, 0.4) is 0 Å². The van der Waals surface area contributed by atoms with E-state index in [0.29, 0.717) is 12.8 Å². The van der Waals surface area contributed by atoms with Crippen molar-refractivity contribution in [3.8, 4) is 0 Å². The molecule has 1 aliphatic rings. The molecule has 1 heterocycles. The Balaban J connectivity index is 1.85. The van der Waals surface area contributed by atoms with Gasteiger partial charge in [0.15, 0.2) is 0 Å². The lowest BCUT2D eigenvalue weighted by molar-refractivity contribution is -0.143. The van der Waals surface area contributed by atoms with E-state index >= 15 is 0 Å². The van der Waals surface area contributed by atoms with E-state index in [-0.39, 0.29) is 11.9 Å². The van der Waals surface area contributed by atoms with Crippen LogP contribution >= 0.6 is 11.3 Å². The van der Waals surface area contributed by atoms with Gasteiger partial charge in [-0.05, 0) is 41.7 Å². The molecule has 0 unspecified atom stereocenters. The Kier molecular flexibility index (Phi) is 5.59. The summed E-state index contributed by atoms with van der Waals surface area (Å²) in [5, 5.41) is 16.3. The number of nitrogens with one attached hydrogen (secondary N) is 1. The molecule has 110 valence electrons. The molecule has 0 radical (unpaired) electrons. The normalized spacial score (nSPS) is 23.0. The number of rotatable bonds is 5. The highest BCUT2D eigenvalue weighted by molar-refractivity contribution is 7.07. The van der Waals surface area contributed by atoms with Crippen LogP contribution in [0.2, 0.25) is 0 Å². The number of aryl methyl sites for hydroxylation is 1. The molecule has 1 aromatic heterocycles. The van der Waals surface area contributed by atoms with Crippen molar-refractivity contribution >= 4 is 23.2 Å². The van der Waals surface area contributed by atoms with Crippen molar-refractivity contribution in [1.29, 1.82) is 0 Å². The second-order valence-corrected chi connectivity index (χ2v) is 6.17. The second kappa shape index (κ2) is 7.43. The van der Waals surface area contributed by atoms with E-state index in [1.54, 1.807) is 11.3 Å². The number of amides is 1. The van der Waals surface area contributed by atoms with Crippen molar-refractivity contribution in [2.45, 2.75) is 51.0 Å². The average molecular weight is 295 g/mol. The van der Waals surface area contributed by atoms with Crippen LogP contribution in [0.4, 0.5) is 0 Å². The molecule has 2 atom stereocenters. The molecule has 0 aromatic carbocycles. The predicted molar refractivity (Wildman–Crippen MR) is 78.8 cm³/mol. The van der Waals surface area contributed by atoms with Crippen molar-refractivity contribution in [2.75, 3.05) is 0 Å². The molecular weight excluding hydrogens is 274 g/mol. The van der Waals surface area contributed by atoms with Gasteiger partial charge < -0.3 is 10.4 Å². The standard InChI is InChI=1S/C15H21NO3S/c17-14(7-6-11-8-9-20-10-11)16-13-5-3-1-2-4-12(13)15(18)19/h8-10,12-13H,1-7H2,(H,16,17)(H,18,19)/t12-,13+/m0/s1. The van der Waals surface area contributed by atoms with Crippen molar-refractivity contribution < 1.29 is 14.7 Å². The van der Waals surface area contributed by atoms with E-state index in [4.69, 9.17) is 0 Å². The largest absolute Gasteiger partial charge is 0.481 e. The fraction of sp³-hybridized carbons (Fsp3) is 0.600. The van der Waals surface area contributed by atoms with Crippen LogP contribution in [0, 0.1) is 5.92 Å². The Hall–Kier alpha value is -1.36. The molecular formula is C15H21NO3S. The average Bonchev–Trinajstić information content (AvgIpc) is 2.82. The number of carboxylic acids is 1. The minimum atomic E-state index is -0.782. The fourth-order valence-corrected chi connectivity index (χ4v) is 3.45. The van der Waals surface area contributed by atoms with Gasteiger partial charge in [-0.1, -0.05) is 19.3 Å². The molecule has 0 saturated heterocycles. The number of aliphatic carboxylic acids is 1. The monoisotopic (exact) mass is 295 g/mol. The minimum Gasteiger partial charge on any atom is -0.481 e. The van der Waals surface area contributed by atoms with E-state index in [1.807, 2.05) is 16.8 Å². The quantitative estimate of drug-likeness (QED) is 0.821. The van der Waals surface area contributed by atoms with E-state index in [2.05, 4.69) is 5.32 Å². The zero-order chi connectivity index (χ0) is 14.4. The van der Waals surface area contributed by atoms with Gasteiger partial charge in [0, 0.05) is 12.5 Å². The number of carboxylic acid groups (broad SMARTS) is 1. The SMILES string of the molecule is O=C(CCc1ccsc1)N[C@@H]1CCCCC[C@@H]1C(=O)O. The molecule has 1 aromatic rings. The maximum atomic E-state index is 12.0. The Morgan fingerprint density at radius 1 is 1.30 bits per heavy atom. The summed E-state index contributed by atoms with van der Waals surface area (Å²) in [6.07, 6.45) is 5.61. The van der Waals surface area contributed by atoms with E-state index in [9.17, 15) is 14.7 Å². The van der Waals surface area contributed by atoms with Crippen LogP contribution in [-0.4, -0.2) is 23.0 Å². The number of carbonyl (C=O) groups excluding carboxylic acids is 1. The van der Waals surface area contributed by atoms with Crippen molar-refractivity contribution in [3.05, 3.63) is 22.4 Å². The fourth-order valence-electron chi connectivity index (χ4n) is 2.75. The van der Waals surface area contributed by atoms with E-state index < -0.39 is 11.9 Å². The second-order valence-electron chi connectivity index (χ2n) is 5.39. The third-order valence-electron chi connectivity index (χ3n) is 3.90. The Morgan fingerprint density at radius 2 is 2.10 bits per heavy atom. The van der Waals surface area contributed by atoms with Crippen LogP contribution in [0.5, 0.6) is 0 Å². The van der Waals surface area contributed by atoms with Crippen LogP contribution in [-0.2, 0) is 16.0 Å². The van der Waals surface area contributed by atoms with Gasteiger partial charge in [0.1, 0.15) is 0 Å². The summed E-state index contributed by atoms with van der Waals surface area (Å²) < 4.78 is 0. The summed E-state index contributed by atoms with van der Waals surface area (Å²) in [4.78, 5) is 23.3. The zero-order valence-electron chi connectivity index (χ0n) is 11.5. The molecule has 4 nitrogen and oxygen atoms in total. The van der Waals surface area contributed by atoms with Gasteiger partial charge in [0.2, 0.25) is 5.91 Å². The summed E-state index contributed by atoms with van der Waals surface area (Å²) in [5.74, 6) is -1.24. The zero-order valence-corrected chi connectivity index (χ0v) is 12.3. The Bertz CT molecular complexity index is 444. The Morgan fingerprint density at radius 3 is 2.80 bits per heavy atom. The van der Waals surface area contributed by atoms with Crippen LogP contribution in [0.1, 0.15) is 44.1 Å². The van der Waals surface area contributed by atoms with E-state index in [0.717, 1.165) is 32.1 Å². The molecule has 2 N–H and O–H groups in total. The van der Waals surface area contributed by atoms with Gasteiger partial charge in [-0.3, -0.25) is 9.59 Å². The smallest absolute Gasteiger partial charge is 0.308 e. The summed E-state index contributed by atoms with van der Waals surface area (Å²) in [6.45, 7) is 0. The van der Waals surface area contributed by atoms with Crippen LogP contribution in [0.25, 0.3) is 0 Å². The van der Waals surface area contributed by atoms with E-state index in [1.165, 1.54) is 5.56 Å². The minimum absolute atomic E-state index is 0.0330. The summed E-state index contributed by atoms with van der Waals surface area (Å²) in [6, 6.07) is 1.81. The van der Waals surface area contributed by atoms with Crippen LogP contribution in [0.15, 0.2) is 16.8 Å². The third-order valence-corrected chi connectivity index (χ3v) is 4.63. The lowest BCUT2D eigenvalue weighted by Gasteiger charge is -2.22. The Labute approximate surface area is 123 Å². The molecule has 1 fully saturated rings. The first-order chi connectivity index (χ1) is 9.66. The number of thiophene rings is 1. The molecule has 2 rings (SSSR count). The number of carbonyl (C=O) groups is 2. The van der Waals surface area contributed by atoms with Crippen molar-refractivity contribution in [3.63, 3.8) is 0 Å². The van der Waals surface area contributed by atoms with Crippen molar-refractivity contribution in [2.24, 2.45) is 5.92 Å². The van der Waals surface area contributed by atoms with Gasteiger partial charge in [-0.15, -0.1) is 0 Å². The highest BCUT2D eigenvalue weighted by Gasteiger charge is 2.30. The third kappa shape index (κ3) is 4.34. The van der Waals surface area contributed by atoms with Gasteiger partial charge in [0.05, 0.1) is 5.92 Å². The lowest BCUT2D eigenvalue weighted by atomic mass is 9.94. The van der Waals surface area contributed by atoms with Gasteiger partial charge >= 0.3 is 5.97 Å². The molecule has 1 saturated carbocycles. The topological polar surface area (TPSA) is 66.4 Å². The highest BCUT2D eigenvalue weighted by atomic mass is 32.1. The molecule has 20 heavy (non-hydrogen) atoms. The highest BCUT2D eigenvalue weighted by Crippen LogP contribution is 2.24. The maximum Gasteiger partial charge on any atom is 0.308 e. The van der Waals surface area contributed by atoms with Gasteiger partial charge in [-0.2, -0.15) is 11.3 Å². The van der Waals surface area contributed by atoms with Gasteiger partial charge in [0.25, 0.3) is 0 Å². The number of hydrogen-bond acceptors (Lipinski definition) is 3. The van der Waals surface area contributed by atoms with Gasteiger partial charge in [-0.25, -0.2) is 0 Å². The lowest BCUT2D eigenvalue weighted by Crippen LogP contribution is -2.42. The molecule has 0 aliphatic heterocycles. The molecule has 5 heteroatoms. The summed E-state index contributed by atoms with van der Waals surface area (Å²) in [5.41, 5.74) is 1.17. The first-order valence-electron chi connectivity index (χ1n) is 7.20. The first-order valence-corrected chi connectivity index (χ1v) is 8.14. The van der Waals surface area contributed by atoms with Crippen molar-refractivity contribution in [1.82, 2.24) is 5.32 Å². The molecule has 0 spiro atoms. The summed E-state index contributed by atoms with van der Waals surface area (Å²) in [7, 11) is 0. The summed E-state index contributed by atoms with van der Waals surface area (Å²) >= 11 is 1.62. The predicted octanol–water partition coefficient (Wildman–Crippen LogP) is 2.83.